The SMILES string of the molecule is CCCCCN(CC(=O)Nc1cc(C)on1)C(=O)CCc1ccccc1. The fourth-order valence-electron chi connectivity index (χ4n) is 2.68. The summed E-state index contributed by atoms with van der Waals surface area (Å²) in [6.45, 7) is 4.49. The van der Waals surface area contributed by atoms with Crippen molar-refractivity contribution in [3.8, 4) is 0 Å². The Hall–Kier alpha value is -2.63. The fourth-order valence-corrected chi connectivity index (χ4v) is 2.68. The van der Waals surface area contributed by atoms with Crippen LogP contribution in [0.5, 0.6) is 0 Å². The van der Waals surface area contributed by atoms with Crippen LogP contribution in [0.4, 0.5) is 5.82 Å². The molecule has 1 heterocycles. The van der Waals surface area contributed by atoms with E-state index in [9.17, 15) is 9.59 Å². The summed E-state index contributed by atoms with van der Waals surface area (Å²) in [6, 6.07) is 11.6. The van der Waals surface area contributed by atoms with Crippen LogP contribution in [-0.4, -0.2) is 35.0 Å². The van der Waals surface area contributed by atoms with Crippen molar-refractivity contribution in [3.05, 3.63) is 47.7 Å². The minimum atomic E-state index is -0.261. The van der Waals surface area contributed by atoms with E-state index in [0.29, 0.717) is 31.0 Å². The Bertz CT molecular complexity index is 697. The van der Waals surface area contributed by atoms with E-state index < -0.39 is 0 Å². The zero-order chi connectivity index (χ0) is 18.8. The van der Waals surface area contributed by atoms with E-state index in [2.05, 4.69) is 17.4 Å². The molecule has 0 radical (unpaired) electrons. The number of nitrogens with one attached hydrogen (secondary N) is 1. The molecule has 0 fully saturated rings. The summed E-state index contributed by atoms with van der Waals surface area (Å²) in [5, 5.41) is 6.42. The van der Waals surface area contributed by atoms with Gasteiger partial charge in [0.15, 0.2) is 5.82 Å². The van der Waals surface area contributed by atoms with Gasteiger partial charge in [-0.3, -0.25) is 9.59 Å². The first-order valence-electron chi connectivity index (χ1n) is 9.13. The summed E-state index contributed by atoms with van der Waals surface area (Å²) in [4.78, 5) is 26.5. The minimum absolute atomic E-state index is 0.00330. The van der Waals surface area contributed by atoms with Crippen LogP contribution in [0.1, 0.15) is 43.9 Å². The summed E-state index contributed by atoms with van der Waals surface area (Å²) in [7, 11) is 0. The number of benzene rings is 1. The lowest BCUT2D eigenvalue weighted by Crippen LogP contribution is -2.38. The van der Waals surface area contributed by atoms with Crippen LogP contribution in [0, 0.1) is 6.92 Å². The van der Waals surface area contributed by atoms with Crippen LogP contribution >= 0.6 is 0 Å². The first-order valence-corrected chi connectivity index (χ1v) is 9.13. The van der Waals surface area contributed by atoms with Crippen LogP contribution in [0.2, 0.25) is 0 Å². The molecule has 6 nitrogen and oxygen atoms in total. The molecule has 0 saturated carbocycles. The number of carbonyl (C=O) groups excluding carboxylic acids is 2. The monoisotopic (exact) mass is 357 g/mol. The van der Waals surface area contributed by atoms with Crippen LogP contribution in [0.3, 0.4) is 0 Å². The van der Waals surface area contributed by atoms with Gasteiger partial charge in [0.05, 0.1) is 6.54 Å². The molecule has 2 amide bonds. The van der Waals surface area contributed by atoms with Gasteiger partial charge >= 0.3 is 0 Å². The molecule has 2 aromatic rings. The predicted molar refractivity (Wildman–Crippen MR) is 101 cm³/mol. The smallest absolute Gasteiger partial charge is 0.245 e. The molecular weight excluding hydrogens is 330 g/mol. The third-order valence-corrected chi connectivity index (χ3v) is 4.08. The molecule has 0 bridgehead atoms. The Morgan fingerprint density at radius 2 is 1.96 bits per heavy atom. The normalized spacial score (nSPS) is 10.5. The second kappa shape index (κ2) is 10.4. The molecule has 0 atom stereocenters. The first kappa shape index (κ1) is 19.7. The van der Waals surface area contributed by atoms with Gasteiger partial charge in [0.2, 0.25) is 11.8 Å². The maximum Gasteiger partial charge on any atom is 0.245 e. The standard InChI is InChI=1S/C20H27N3O3/c1-3-4-8-13-23(15-19(24)21-18-14-16(2)26-22-18)20(25)12-11-17-9-6-5-7-10-17/h5-7,9-10,14H,3-4,8,11-13,15H2,1-2H3,(H,21,22,24). The average Bonchev–Trinajstić information content (AvgIpc) is 3.04. The molecule has 1 aromatic heterocycles. The van der Waals surface area contributed by atoms with Crippen molar-refractivity contribution >= 4 is 17.6 Å². The molecule has 26 heavy (non-hydrogen) atoms. The molecule has 0 unspecified atom stereocenters. The van der Waals surface area contributed by atoms with Crippen molar-refractivity contribution in [2.24, 2.45) is 0 Å². The van der Waals surface area contributed by atoms with Gasteiger partial charge in [-0.15, -0.1) is 0 Å². The minimum Gasteiger partial charge on any atom is -0.360 e. The lowest BCUT2D eigenvalue weighted by Gasteiger charge is -2.22. The Kier molecular flexibility index (Phi) is 7.86. The largest absolute Gasteiger partial charge is 0.360 e. The zero-order valence-corrected chi connectivity index (χ0v) is 15.5. The number of amides is 2. The maximum absolute atomic E-state index is 12.6. The Balaban J connectivity index is 1.90. The van der Waals surface area contributed by atoms with Crippen LogP contribution in [0.25, 0.3) is 0 Å². The van der Waals surface area contributed by atoms with E-state index in [4.69, 9.17) is 4.52 Å². The third kappa shape index (κ3) is 6.70. The summed E-state index contributed by atoms with van der Waals surface area (Å²) in [6.07, 6.45) is 4.06. The number of aryl methyl sites for hydroxylation is 2. The van der Waals surface area contributed by atoms with Crippen molar-refractivity contribution in [1.82, 2.24) is 10.1 Å². The number of carbonyl (C=O) groups is 2. The molecule has 0 aliphatic carbocycles. The first-order chi connectivity index (χ1) is 12.6. The van der Waals surface area contributed by atoms with E-state index in [-0.39, 0.29) is 18.4 Å². The van der Waals surface area contributed by atoms with Crippen molar-refractivity contribution in [1.29, 1.82) is 0 Å². The van der Waals surface area contributed by atoms with Crippen molar-refractivity contribution < 1.29 is 14.1 Å². The average molecular weight is 357 g/mol. The van der Waals surface area contributed by atoms with Crippen molar-refractivity contribution in [2.75, 3.05) is 18.4 Å². The Morgan fingerprint density at radius 1 is 1.19 bits per heavy atom. The lowest BCUT2D eigenvalue weighted by atomic mass is 10.1. The van der Waals surface area contributed by atoms with E-state index in [0.717, 1.165) is 24.8 Å². The lowest BCUT2D eigenvalue weighted by molar-refractivity contribution is -0.134. The van der Waals surface area contributed by atoms with Crippen LogP contribution in [-0.2, 0) is 16.0 Å². The topological polar surface area (TPSA) is 75.4 Å². The number of hydrogen-bond donors (Lipinski definition) is 1. The predicted octanol–water partition coefficient (Wildman–Crippen LogP) is 3.57. The number of unbranched alkanes of at least 4 members (excludes halogenated alkanes) is 2. The van der Waals surface area contributed by atoms with Gasteiger partial charge in [0.1, 0.15) is 5.76 Å². The van der Waals surface area contributed by atoms with Crippen LogP contribution in [0.15, 0.2) is 40.9 Å². The number of hydrogen-bond acceptors (Lipinski definition) is 4. The van der Waals surface area contributed by atoms with Crippen molar-refractivity contribution in [2.45, 2.75) is 46.0 Å². The van der Waals surface area contributed by atoms with Gasteiger partial charge in [-0.2, -0.15) is 0 Å². The molecule has 140 valence electrons. The highest BCUT2D eigenvalue weighted by Crippen LogP contribution is 2.09. The summed E-state index contributed by atoms with van der Waals surface area (Å²) in [5.74, 6) is 0.732. The molecule has 0 aliphatic rings. The second-order valence-electron chi connectivity index (χ2n) is 6.38. The quantitative estimate of drug-likeness (QED) is 0.660. The summed E-state index contributed by atoms with van der Waals surface area (Å²) >= 11 is 0. The van der Waals surface area contributed by atoms with Gasteiger partial charge in [-0.05, 0) is 25.3 Å². The van der Waals surface area contributed by atoms with E-state index in [1.54, 1.807) is 17.9 Å². The van der Waals surface area contributed by atoms with Gasteiger partial charge in [-0.1, -0.05) is 55.3 Å². The van der Waals surface area contributed by atoms with Crippen molar-refractivity contribution in [3.63, 3.8) is 0 Å². The molecule has 6 heteroatoms. The van der Waals surface area contributed by atoms with Gasteiger partial charge in [0.25, 0.3) is 0 Å². The molecule has 0 saturated heterocycles. The van der Waals surface area contributed by atoms with Gasteiger partial charge in [0, 0.05) is 19.0 Å². The zero-order valence-electron chi connectivity index (χ0n) is 15.5. The maximum atomic E-state index is 12.6. The highest BCUT2D eigenvalue weighted by atomic mass is 16.5. The Labute approximate surface area is 154 Å². The number of aromatic nitrogens is 1. The summed E-state index contributed by atoms with van der Waals surface area (Å²) in [5.41, 5.74) is 1.12. The molecule has 1 N–H and O–H groups in total. The molecule has 0 spiro atoms. The molecular formula is C20H27N3O3. The number of nitrogens with zero attached hydrogens (tertiary/aromatic N) is 2. The molecule has 1 aromatic carbocycles. The van der Waals surface area contributed by atoms with E-state index in [1.165, 1.54) is 0 Å². The fraction of sp³-hybridized carbons (Fsp3) is 0.450. The number of anilines is 1. The molecule has 2 rings (SSSR count). The highest BCUT2D eigenvalue weighted by Gasteiger charge is 2.17. The Morgan fingerprint density at radius 3 is 2.62 bits per heavy atom. The van der Waals surface area contributed by atoms with E-state index in [1.807, 2.05) is 30.3 Å². The highest BCUT2D eigenvalue weighted by molar-refractivity contribution is 5.93. The molecule has 0 aliphatic heterocycles. The van der Waals surface area contributed by atoms with Crippen LogP contribution < -0.4 is 5.32 Å². The van der Waals surface area contributed by atoms with Gasteiger partial charge < -0.3 is 14.7 Å². The number of rotatable bonds is 10. The van der Waals surface area contributed by atoms with Gasteiger partial charge in [-0.25, -0.2) is 0 Å². The van der Waals surface area contributed by atoms with E-state index >= 15 is 0 Å². The third-order valence-electron chi connectivity index (χ3n) is 4.08. The second-order valence-corrected chi connectivity index (χ2v) is 6.38. The summed E-state index contributed by atoms with van der Waals surface area (Å²) < 4.78 is 4.94.